The normalized spacial score (nSPS) is 18.2. The van der Waals surface area contributed by atoms with Gasteiger partial charge in [-0.2, -0.15) is 0 Å². The van der Waals surface area contributed by atoms with Crippen LogP contribution in [0.2, 0.25) is 0 Å². The lowest BCUT2D eigenvalue weighted by Crippen LogP contribution is -2.33. The van der Waals surface area contributed by atoms with E-state index < -0.39 is 0 Å². The minimum Gasteiger partial charge on any atom is -0.504 e. The Kier molecular flexibility index (Phi) is 8.79. The fraction of sp³-hybridized carbons (Fsp3) is 0.351. The number of fused-ring (bicyclic) bond motifs is 2. The molecule has 0 aromatic heterocycles. The summed E-state index contributed by atoms with van der Waals surface area (Å²) in [7, 11) is 9.19. The minimum atomic E-state index is 0.0753. The number of aromatic hydroxyl groups is 2. The van der Waals surface area contributed by atoms with Crippen molar-refractivity contribution in [2.75, 3.05) is 48.5 Å². The number of hydrogen-bond acceptors (Lipinski definition) is 8. The van der Waals surface area contributed by atoms with E-state index in [4.69, 9.17) is 18.9 Å². The molecule has 8 heteroatoms. The summed E-state index contributed by atoms with van der Waals surface area (Å²) in [5, 5.41) is 21.2. The van der Waals surface area contributed by atoms with Gasteiger partial charge in [-0.25, -0.2) is 0 Å². The highest BCUT2D eigenvalue weighted by Crippen LogP contribution is 2.41. The molecule has 2 N–H and O–H groups in total. The lowest BCUT2D eigenvalue weighted by Gasteiger charge is -2.35. The molecule has 2 atom stereocenters. The third kappa shape index (κ3) is 6.26. The lowest BCUT2D eigenvalue weighted by atomic mass is 9.88. The molecule has 0 amide bonds. The molecule has 0 fully saturated rings. The van der Waals surface area contributed by atoms with Gasteiger partial charge in [-0.1, -0.05) is 18.2 Å². The molecule has 236 valence electrons. The first kappa shape index (κ1) is 30.6. The zero-order valence-corrected chi connectivity index (χ0v) is 26.7. The summed E-state index contributed by atoms with van der Waals surface area (Å²) in [6, 6.07) is 21.9. The highest BCUT2D eigenvalue weighted by molar-refractivity contribution is 5.51. The number of hydrogen-bond donors (Lipinski definition) is 2. The van der Waals surface area contributed by atoms with Gasteiger partial charge >= 0.3 is 0 Å². The van der Waals surface area contributed by atoms with Gasteiger partial charge in [0.25, 0.3) is 0 Å². The first-order valence-corrected chi connectivity index (χ1v) is 15.4. The minimum absolute atomic E-state index is 0.0753. The van der Waals surface area contributed by atoms with Gasteiger partial charge in [-0.05, 0) is 122 Å². The topological polar surface area (TPSA) is 83.9 Å². The summed E-state index contributed by atoms with van der Waals surface area (Å²) in [5.74, 6) is 3.33. The van der Waals surface area contributed by atoms with Crippen LogP contribution in [0.25, 0.3) is 0 Å². The maximum Gasteiger partial charge on any atom is 0.169 e. The summed E-state index contributed by atoms with van der Waals surface area (Å²) in [6.07, 6.45) is 3.42. The monoisotopic (exact) mass is 610 g/mol. The summed E-state index contributed by atoms with van der Waals surface area (Å²) in [5.41, 5.74) is 7.07. The van der Waals surface area contributed by atoms with E-state index >= 15 is 0 Å². The van der Waals surface area contributed by atoms with Crippen LogP contribution in [0.15, 0.2) is 66.7 Å². The van der Waals surface area contributed by atoms with Crippen molar-refractivity contribution in [3.8, 4) is 40.2 Å². The number of nitrogens with zero attached hydrogens (tertiary/aromatic N) is 2. The molecule has 2 heterocycles. The quantitative estimate of drug-likeness (QED) is 0.224. The number of rotatable bonds is 9. The van der Waals surface area contributed by atoms with E-state index in [1.165, 1.54) is 22.3 Å². The van der Waals surface area contributed by atoms with Crippen molar-refractivity contribution in [2.24, 2.45) is 0 Å². The number of phenols is 2. The fourth-order valence-electron chi connectivity index (χ4n) is 6.73. The van der Waals surface area contributed by atoms with Crippen molar-refractivity contribution in [3.63, 3.8) is 0 Å². The molecule has 0 saturated heterocycles. The smallest absolute Gasteiger partial charge is 0.169 e. The zero-order chi connectivity index (χ0) is 31.7. The maximum absolute atomic E-state index is 10.7. The molecule has 2 aliphatic rings. The van der Waals surface area contributed by atoms with Crippen LogP contribution in [0, 0.1) is 0 Å². The van der Waals surface area contributed by atoms with Gasteiger partial charge < -0.3 is 29.2 Å². The zero-order valence-electron chi connectivity index (χ0n) is 26.7. The molecule has 0 spiro atoms. The predicted molar refractivity (Wildman–Crippen MR) is 174 cm³/mol. The second kappa shape index (κ2) is 12.9. The molecule has 4 aromatic rings. The van der Waals surface area contributed by atoms with Crippen molar-refractivity contribution in [2.45, 2.75) is 37.8 Å². The van der Waals surface area contributed by atoms with E-state index in [9.17, 15) is 10.2 Å². The van der Waals surface area contributed by atoms with Crippen molar-refractivity contribution in [3.05, 3.63) is 100 Å². The van der Waals surface area contributed by atoms with Crippen LogP contribution >= 0.6 is 0 Å². The standard InChI is InChI=1S/C37H42N2O6/c1-38-15-13-26-20-36(43-4)37(44-5)22-29(26)30(38)16-23-6-9-27(10-7-23)45-35-18-24(8-11-32(35)40)17-31-28-21-33(41)34(42-3)19-25(28)12-14-39(31)2/h6-11,18-22,30-31,40-41H,12-17H2,1-5H3/t30-,31+/m0/s1. The Bertz CT molecular complexity index is 1670. The van der Waals surface area contributed by atoms with Crippen molar-refractivity contribution >= 4 is 0 Å². The molecule has 45 heavy (non-hydrogen) atoms. The Hall–Kier alpha value is -4.40. The summed E-state index contributed by atoms with van der Waals surface area (Å²) < 4.78 is 22.7. The van der Waals surface area contributed by atoms with E-state index in [0.717, 1.165) is 55.0 Å². The van der Waals surface area contributed by atoms with Crippen LogP contribution < -0.4 is 18.9 Å². The van der Waals surface area contributed by atoms with Crippen LogP contribution in [0.5, 0.6) is 40.2 Å². The van der Waals surface area contributed by atoms with Crippen LogP contribution in [-0.2, 0) is 25.7 Å². The molecule has 4 aromatic carbocycles. The Labute approximate surface area is 265 Å². The Balaban J connectivity index is 1.18. The van der Waals surface area contributed by atoms with Crippen LogP contribution in [0.1, 0.15) is 45.5 Å². The van der Waals surface area contributed by atoms with Gasteiger partial charge in [0, 0.05) is 25.2 Å². The molecule has 0 unspecified atom stereocenters. The Morgan fingerprint density at radius 3 is 1.76 bits per heavy atom. The molecule has 2 aliphatic heterocycles. The third-order valence-corrected chi connectivity index (χ3v) is 9.37. The first-order chi connectivity index (χ1) is 21.8. The van der Waals surface area contributed by atoms with Crippen LogP contribution in [0.4, 0.5) is 0 Å². The van der Waals surface area contributed by atoms with E-state index in [1.807, 2.05) is 36.4 Å². The summed E-state index contributed by atoms with van der Waals surface area (Å²) >= 11 is 0. The van der Waals surface area contributed by atoms with Gasteiger partial charge in [-0.15, -0.1) is 0 Å². The van der Waals surface area contributed by atoms with Gasteiger partial charge in [0.2, 0.25) is 0 Å². The Morgan fingerprint density at radius 2 is 1.13 bits per heavy atom. The average molecular weight is 611 g/mol. The molecule has 0 radical (unpaired) electrons. The molecule has 6 rings (SSSR count). The highest BCUT2D eigenvalue weighted by Gasteiger charge is 2.28. The van der Waals surface area contributed by atoms with Gasteiger partial charge in [0.1, 0.15) is 5.75 Å². The van der Waals surface area contributed by atoms with Gasteiger partial charge in [0.15, 0.2) is 34.5 Å². The second-order valence-electron chi connectivity index (χ2n) is 12.1. The van der Waals surface area contributed by atoms with Crippen molar-refractivity contribution in [1.82, 2.24) is 9.80 Å². The van der Waals surface area contributed by atoms with Crippen LogP contribution in [-0.4, -0.2) is 68.5 Å². The number of likely N-dealkylation sites (N-methyl/N-ethyl adjacent to an activating group) is 2. The summed E-state index contributed by atoms with van der Waals surface area (Å²) in [6.45, 7) is 1.88. The average Bonchev–Trinajstić information content (AvgIpc) is 3.05. The molecule has 0 bridgehead atoms. The number of phenolic OH excluding ortho intramolecular Hbond substituents is 2. The predicted octanol–water partition coefficient (Wildman–Crippen LogP) is 6.46. The highest BCUT2D eigenvalue weighted by atomic mass is 16.5. The largest absolute Gasteiger partial charge is 0.504 e. The van der Waals surface area contributed by atoms with Gasteiger partial charge in [0.05, 0.1) is 21.3 Å². The molecular formula is C37H42N2O6. The molecule has 8 nitrogen and oxygen atoms in total. The lowest BCUT2D eigenvalue weighted by molar-refractivity contribution is 0.228. The summed E-state index contributed by atoms with van der Waals surface area (Å²) in [4.78, 5) is 4.69. The third-order valence-electron chi connectivity index (χ3n) is 9.37. The number of ether oxygens (including phenoxy) is 4. The van der Waals surface area contributed by atoms with Crippen molar-refractivity contribution < 1.29 is 29.2 Å². The van der Waals surface area contributed by atoms with Crippen LogP contribution in [0.3, 0.4) is 0 Å². The Morgan fingerprint density at radius 1 is 0.600 bits per heavy atom. The van der Waals surface area contributed by atoms with Gasteiger partial charge in [-0.3, -0.25) is 9.80 Å². The second-order valence-corrected chi connectivity index (χ2v) is 12.1. The van der Waals surface area contributed by atoms with E-state index in [1.54, 1.807) is 27.4 Å². The molecule has 0 saturated carbocycles. The fourth-order valence-corrected chi connectivity index (χ4v) is 6.73. The first-order valence-electron chi connectivity index (χ1n) is 15.4. The SMILES string of the molecule is COc1cc2c(cc1O)[C@@H](Cc1ccc(O)c(Oc3ccc(C[C@H]4c5cc(OC)c(OC)cc5CCN4C)cc3)c1)N(C)CC2. The molecular weight excluding hydrogens is 568 g/mol. The van der Waals surface area contributed by atoms with E-state index in [0.29, 0.717) is 23.7 Å². The number of benzene rings is 4. The van der Waals surface area contributed by atoms with Crippen molar-refractivity contribution in [1.29, 1.82) is 0 Å². The maximum atomic E-state index is 10.7. The van der Waals surface area contributed by atoms with E-state index in [2.05, 4.69) is 48.2 Å². The molecule has 0 aliphatic carbocycles. The number of methoxy groups -OCH3 is 3. The van der Waals surface area contributed by atoms with E-state index in [-0.39, 0.29) is 23.6 Å².